The second kappa shape index (κ2) is 5.32. The number of aryl methyl sites for hydroxylation is 1. The lowest BCUT2D eigenvalue weighted by Crippen LogP contribution is -2.22. The lowest BCUT2D eigenvalue weighted by atomic mass is 10.1. The van der Waals surface area contributed by atoms with Gasteiger partial charge in [0, 0.05) is 18.7 Å². The number of benzene rings is 1. The summed E-state index contributed by atoms with van der Waals surface area (Å²) in [4.78, 5) is 1.89. The van der Waals surface area contributed by atoms with Crippen molar-refractivity contribution in [2.24, 2.45) is 0 Å². The van der Waals surface area contributed by atoms with Crippen LogP contribution >= 0.6 is 0 Å². The molecule has 0 saturated carbocycles. The summed E-state index contributed by atoms with van der Waals surface area (Å²) in [6, 6.07) is 7.86. The van der Waals surface area contributed by atoms with Crippen LogP contribution in [-0.2, 0) is 6.54 Å². The zero-order valence-electron chi connectivity index (χ0n) is 11.2. The van der Waals surface area contributed by atoms with Gasteiger partial charge < -0.3 is 14.6 Å². The van der Waals surface area contributed by atoms with E-state index in [2.05, 4.69) is 10.2 Å². The van der Waals surface area contributed by atoms with Crippen molar-refractivity contribution in [1.82, 2.24) is 15.1 Å². The van der Waals surface area contributed by atoms with Gasteiger partial charge in [0.25, 0.3) is 0 Å². The van der Waals surface area contributed by atoms with E-state index >= 15 is 0 Å². The molecule has 2 unspecified atom stereocenters. The van der Waals surface area contributed by atoms with Crippen LogP contribution in [-0.4, -0.2) is 50.6 Å². The van der Waals surface area contributed by atoms with Crippen molar-refractivity contribution in [3.63, 3.8) is 0 Å². The molecule has 1 saturated heterocycles. The third-order valence-corrected chi connectivity index (χ3v) is 3.43. The summed E-state index contributed by atoms with van der Waals surface area (Å²) in [5, 5.41) is 27.1. The maximum absolute atomic E-state index is 9.50. The summed E-state index contributed by atoms with van der Waals surface area (Å²) < 4.78 is 5.63. The SMILES string of the molecule is Cc1cccc(-c2nnc(CN3CC(O)C(O)C3)o2)c1. The first kappa shape index (κ1) is 13.2. The van der Waals surface area contributed by atoms with E-state index in [0.717, 1.165) is 11.1 Å². The highest BCUT2D eigenvalue weighted by atomic mass is 16.4. The highest BCUT2D eigenvalue weighted by Crippen LogP contribution is 2.20. The number of nitrogens with zero attached hydrogens (tertiary/aromatic N) is 3. The second-order valence-electron chi connectivity index (χ2n) is 5.20. The predicted molar refractivity (Wildman–Crippen MR) is 71.8 cm³/mol. The molecule has 6 heteroatoms. The molecule has 2 N–H and O–H groups in total. The molecule has 0 amide bonds. The van der Waals surface area contributed by atoms with Gasteiger partial charge in [0.15, 0.2) is 0 Å². The second-order valence-corrected chi connectivity index (χ2v) is 5.20. The first-order valence-electron chi connectivity index (χ1n) is 6.60. The largest absolute Gasteiger partial charge is 0.419 e. The van der Waals surface area contributed by atoms with E-state index in [1.165, 1.54) is 0 Å². The average Bonchev–Trinajstić information content (AvgIpc) is 2.98. The minimum absolute atomic E-state index is 0.420. The van der Waals surface area contributed by atoms with E-state index in [4.69, 9.17) is 4.42 Å². The van der Waals surface area contributed by atoms with Crippen molar-refractivity contribution in [3.05, 3.63) is 35.7 Å². The highest BCUT2D eigenvalue weighted by Gasteiger charge is 2.30. The van der Waals surface area contributed by atoms with Crippen LogP contribution in [0.4, 0.5) is 0 Å². The van der Waals surface area contributed by atoms with Gasteiger partial charge in [-0.05, 0) is 19.1 Å². The normalized spacial score (nSPS) is 23.4. The van der Waals surface area contributed by atoms with Crippen molar-refractivity contribution in [3.8, 4) is 11.5 Å². The van der Waals surface area contributed by atoms with Crippen molar-refractivity contribution in [2.75, 3.05) is 13.1 Å². The number of hydrogen-bond donors (Lipinski definition) is 2. The molecule has 2 atom stereocenters. The van der Waals surface area contributed by atoms with Crippen LogP contribution in [0.1, 0.15) is 11.5 Å². The lowest BCUT2D eigenvalue weighted by molar-refractivity contribution is 0.0572. The Balaban J connectivity index is 1.71. The van der Waals surface area contributed by atoms with Gasteiger partial charge in [0.1, 0.15) is 0 Å². The monoisotopic (exact) mass is 275 g/mol. The van der Waals surface area contributed by atoms with Crippen LogP contribution in [0.25, 0.3) is 11.5 Å². The number of β-amino-alcohol motifs (C(OH)–C–C–N with tert-alkyl or cyclic N) is 2. The average molecular weight is 275 g/mol. The van der Waals surface area contributed by atoms with Crippen LogP contribution in [0, 0.1) is 6.92 Å². The Morgan fingerprint density at radius 3 is 2.70 bits per heavy atom. The molecule has 1 aliphatic rings. The first-order valence-corrected chi connectivity index (χ1v) is 6.60. The Kier molecular flexibility index (Phi) is 3.52. The summed E-state index contributed by atoms with van der Waals surface area (Å²) in [5.74, 6) is 0.979. The number of aliphatic hydroxyl groups excluding tert-OH is 2. The van der Waals surface area contributed by atoms with Gasteiger partial charge >= 0.3 is 0 Å². The first-order chi connectivity index (χ1) is 9.61. The van der Waals surface area contributed by atoms with Gasteiger partial charge in [-0.15, -0.1) is 10.2 Å². The van der Waals surface area contributed by atoms with Crippen LogP contribution in [0.2, 0.25) is 0 Å². The molecule has 1 aromatic carbocycles. The van der Waals surface area contributed by atoms with E-state index < -0.39 is 12.2 Å². The Bertz CT molecular complexity index is 589. The molecule has 3 rings (SSSR count). The molecule has 0 aliphatic carbocycles. The number of hydrogen-bond acceptors (Lipinski definition) is 6. The van der Waals surface area contributed by atoms with Crippen molar-refractivity contribution in [2.45, 2.75) is 25.7 Å². The number of rotatable bonds is 3. The van der Waals surface area contributed by atoms with E-state index in [0.29, 0.717) is 31.4 Å². The molecule has 0 bridgehead atoms. The minimum atomic E-state index is -0.700. The van der Waals surface area contributed by atoms with E-state index in [9.17, 15) is 10.2 Å². The molecule has 0 spiro atoms. The molecular formula is C14H17N3O3. The van der Waals surface area contributed by atoms with Gasteiger partial charge in [-0.2, -0.15) is 0 Å². The fourth-order valence-corrected chi connectivity index (χ4v) is 2.38. The summed E-state index contributed by atoms with van der Waals surface area (Å²) >= 11 is 0. The number of likely N-dealkylation sites (tertiary alicyclic amines) is 1. The lowest BCUT2D eigenvalue weighted by Gasteiger charge is -2.10. The van der Waals surface area contributed by atoms with Crippen molar-refractivity contribution < 1.29 is 14.6 Å². The molecule has 20 heavy (non-hydrogen) atoms. The van der Waals surface area contributed by atoms with Gasteiger partial charge in [0.05, 0.1) is 18.8 Å². The Morgan fingerprint density at radius 2 is 2.00 bits per heavy atom. The van der Waals surface area contributed by atoms with Gasteiger partial charge in [-0.3, -0.25) is 4.90 Å². The summed E-state index contributed by atoms with van der Waals surface area (Å²) in [6.07, 6.45) is -1.40. The topological polar surface area (TPSA) is 82.6 Å². The third-order valence-electron chi connectivity index (χ3n) is 3.43. The zero-order valence-corrected chi connectivity index (χ0v) is 11.2. The molecular weight excluding hydrogens is 258 g/mol. The van der Waals surface area contributed by atoms with E-state index in [1.807, 2.05) is 36.1 Å². The Morgan fingerprint density at radius 1 is 1.25 bits per heavy atom. The Labute approximate surface area is 116 Å². The molecule has 1 aromatic heterocycles. The summed E-state index contributed by atoms with van der Waals surface area (Å²) in [7, 11) is 0. The van der Waals surface area contributed by atoms with E-state index in [-0.39, 0.29) is 0 Å². The predicted octanol–water partition coefficient (Wildman–Crippen LogP) is 0.582. The van der Waals surface area contributed by atoms with Crippen molar-refractivity contribution >= 4 is 0 Å². The maximum atomic E-state index is 9.50. The smallest absolute Gasteiger partial charge is 0.247 e. The standard InChI is InChI=1S/C14H17N3O3/c1-9-3-2-4-10(5-9)14-16-15-13(20-14)8-17-6-11(18)12(19)7-17/h2-5,11-12,18-19H,6-8H2,1H3. The number of aromatic nitrogens is 2. The fourth-order valence-electron chi connectivity index (χ4n) is 2.38. The van der Waals surface area contributed by atoms with Crippen molar-refractivity contribution in [1.29, 1.82) is 0 Å². The summed E-state index contributed by atoms with van der Waals surface area (Å²) in [5.41, 5.74) is 2.03. The van der Waals surface area contributed by atoms with Crippen LogP contribution in [0.3, 0.4) is 0 Å². The third kappa shape index (κ3) is 2.72. The highest BCUT2D eigenvalue weighted by molar-refractivity contribution is 5.53. The minimum Gasteiger partial charge on any atom is -0.419 e. The molecule has 1 aliphatic heterocycles. The van der Waals surface area contributed by atoms with E-state index in [1.54, 1.807) is 0 Å². The molecule has 6 nitrogen and oxygen atoms in total. The van der Waals surface area contributed by atoms with Gasteiger partial charge in [-0.25, -0.2) is 0 Å². The Hall–Kier alpha value is -1.76. The molecule has 0 radical (unpaired) electrons. The van der Waals surface area contributed by atoms with Crippen LogP contribution < -0.4 is 0 Å². The zero-order chi connectivity index (χ0) is 14.1. The fraction of sp³-hybridized carbons (Fsp3) is 0.429. The quantitative estimate of drug-likeness (QED) is 0.852. The molecule has 106 valence electrons. The van der Waals surface area contributed by atoms with Gasteiger partial charge in [-0.1, -0.05) is 17.7 Å². The molecule has 2 aromatic rings. The summed E-state index contributed by atoms with van der Waals surface area (Å²) in [6.45, 7) is 3.29. The number of aliphatic hydroxyl groups is 2. The molecule has 1 fully saturated rings. The van der Waals surface area contributed by atoms with Gasteiger partial charge in [0.2, 0.25) is 11.8 Å². The van der Waals surface area contributed by atoms with Crippen LogP contribution in [0.15, 0.2) is 28.7 Å². The molecule has 2 heterocycles. The van der Waals surface area contributed by atoms with Crippen LogP contribution in [0.5, 0.6) is 0 Å². The maximum Gasteiger partial charge on any atom is 0.247 e.